The lowest BCUT2D eigenvalue weighted by atomic mass is 9.98. The van der Waals surface area contributed by atoms with Gasteiger partial charge in [-0.15, -0.1) is 0 Å². The number of nitrogens with one attached hydrogen (secondary N) is 1. The summed E-state index contributed by atoms with van der Waals surface area (Å²) in [6.45, 7) is 1.45. The number of carbonyl (C=O) groups is 1. The van der Waals surface area contributed by atoms with Crippen LogP contribution in [0.4, 0.5) is 11.4 Å². The van der Waals surface area contributed by atoms with Gasteiger partial charge in [0.15, 0.2) is 0 Å². The Bertz CT molecular complexity index is 1470. The summed E-state index contributed by atoms with van der Waals surface area (Å²) in [5.74, 6) is -0.535. The molecule has 0 saturated carbocycles. The molecule has 1 amide bonds. The first-order valence-electron chi connectivity index (χ1n) is 11.5. The number of nitrogens with zero attached hydrogens (tertiary/aromatic N) is 2. The predicted molar refractivity (Wildman–Crippen MR) is 142 cm³/mol. The molecular weight excluding hydrogens is 490 g/mol. The van der Waals surface area contributed by atoms with Crippen LogP contribution in [-0.4, -0.2) is 25.8 Å². The van der Waals surface area contributed by atoms with Gasteiger partial charge in [0.1, 0.15) is 6.54 Å². The molecule has 0 radical (unpaired) electrons. The van der Waals surface area contributed by atoms with Gasteiger partial charge in [-0.3, -0.25) is 19.2 Å². The van der Waals surface area contributed by atoms with E-state index in [0.29, 0.717) is 0 Å². The minimum atomic E-state index is -4.15. The number of aryl methyl sites for hydroxylation is 1. The Labute approximate surface area is 215 Å². The molecule has 0 bridgehead atoms. The molecule has 8 nitrogen and oxygen atoms in total. The van der Waals surface area contributed by atoms with Gasteiger partial charge in [0, 0.05) is 12.1 Å². The third-order valence-electron chi connectivity index (χ3n) is 5.82. The maximum atomic E-state index is 13.6. The fraction of sp³-hybridized carbons (Fsp3) is 0.107. The molecule has 0 aromatic heterocycles. The highest BCUT2D eigenvalue weighted by molar-refractivity contribution is 7.92. The van der Waals surface area contributed by atoms with Crippen LogP contribution in [0.2, 0.25) is 0 Å². The maximum absolute atomic E-state index is 13.6. The molecule has 1 atom stereocenters. The third-order valence-corrected chi connectivity index (χ3v) is 7.60. The lowest BCUT2D eigenvalue weighted by Crippen LogP contribution is -2.42. The normalized spacial score (nSPS) is 11.9. The molecule has 0 heterocycles. The van der Waals surface area contributed by atoms with Gasteiger partial charge in [-0.2, -0.15) is 0 Å². The van der Waals surface area contributed by atoms with Crippen molar-refractivity contribution in [1.29, 1.82) is 0 Å². The van der Waals surface area contributed by atoms with Crippen LogP contribution in [0.15, 0.2) is 114 Å². The van der Waals surface area contributed by atoms with E-state index in [4.69, 9.17) is 0 Å². The highest BCUT2D eigenvalue weighted by Gasteiger charge is 2.28. The average molecular weight is 516 g/mol. The van der Waals surface area contributed by atoms with Gasteiger partial charge in [-0.1, -0.05) is 78.4 Å². The number of sulfonamides is 1. The van der Waals surface area contributed by atoms with Gasteiger partial charge in [-0.25, -0.2) is 8.42 Å². The van der Waals surface area contributed by atoms with E-state index < -0.39 is 33.4 Å². The number of amides is 1. The maximum Gasteiger partial charge on any atom is 0.269 e. The average Bonchev–Trinajstić information content (AvgIpc) is 2.92. The van der Waals surface area contributed by atoms with E-state index in [1.54, 1.807) is 18.2 Å². The Balaban J connectivity index is 1.68. The number of hydrogen-bond acceptors (Lipinski definition) is 5. The van der Waals surface area contributed by atoms with Crippen molar-refractivity contribution < 1.29 is 18.1 Å². The Kier molecular flexibility index (Phi) is 7.64. The van der Waals surface area contributed by atoms with Gasteiger partial charge in [0.05, 0.1) is 21.5 Å². The SMILES string of the molecule is Cc1ccc(C(NC(=O)CN(c2ccc([N+](=O)[O-])cc2)S(=O)(=O)c2ccccc2)c2ccccc2)cc1. The van der Waals surface area contributed by atoms with E-state index >= 15 is 0 Å². The monoisotopic (exact) mass is 515 g/mol. The molecule has 1 unspecified atom stereocenters. The fourth-order valence-corrected chi connectivity index (χ4v) is 5.32. The van der Waals surface area contributed by atoms with Crippen molar-refractivity contribution in [2.75, 3.05) is 10.8 Å². The first kappa shape index (κ1) is 25.6. The van der Waals surface area contributed by atoms with Gasteiger partial charge in [0.2, 0.25) is 5.91 Å². The van der Waals surface area contributed by atoms with Crippen LogP contribution in [0.1, 0.15) is 22.7 Å². The van der Waals surface area contributed by atoms with E-state index in [1.807, 2.05) is 61.5 Å². The van der Waals surface area contributed by atoms with Crippen molar-refractivity contribution in [3.8, 4) is 0 Å². The van der Waals surface area contributed by atoms with Crippen molar-refractivity contribution in [2.24, 2.45) is 0 Å². The first-order valence-corrected chi connectivity index (χ1v) is 12.9. The Morgan fingerprint density at radius 2 is 1.38 bits per heavy atom. The summed E-state index contributed by atoms with van der Waals surface area (Å²) in [4.78, 5) is 23.9. The lowest BCUT2D eigenvalue weighted by molar-refractivity contribution is -0.384. The van der Waals surface area contributed by atoms with E-state index in [1.165, 1.54) is 36.4 Å². The van der Waals surface area contributed by atoms with Crippen molar-refractivity contribution in [1.82, 2.24) is 5.32 Å². The summed E-state index contributed by atoms with van der Waals surface area (Å²) in [6.07, 6.45) is 0. The molecule has 0 aliphatic carbocycles. The smallest absolute Gasteiger partial charge is 0.269 e. The summed E-state index contributed by atoms with van der Waals surface area (Å²) >= 11 is 0. The van der Waals surface area contributed by atoms with Crippen LogP contribution in [0.25, 0.3) is 0 Å². The summed E-state index contributed by atoms with van der Waals surface area (Å²) in [6, 6.07) is 29.4. The zero-order chi connectivity index (χ0) is 26.4. The van der Waals surface area contributed by atoms with E-state index in [0.717, 1.165) is 21.0 Å². The highest BCUT2D eigenvalue weighted by Crippen LogP contribution is 2.27. The van der Waals surface area contributed by atoms with Gasteiger partial charge in [0.25, 0.3) is 15.7 Å². The molecule has 1 N–H and O–H groups in total. The zero-order valence-electron chi connectivity index (χ0n) is 20.0. The van der Waals surface area contributed by atoms with Crippen LogP contribution in [0.3, 0.4) is 0 Å². The Morgan fingerprint density at radius 3 is 1.95 bits per heavy atom. The fourth-order valence-electron chi connectivity index (χ4n) is 3.88. The summed E-state index contributed by atoms with van der Waals surface area (Å²) in [7, 11) is -4.15. The van der Waals surface area contributed by atoms with Crippen LogP contribution in [0, 0.1) is 17.0 Å². The first-order chi connectivity index (χ1) is 17.8. The zero-order valence-corrected chi connectivity index (χ0v) is 20.8. The lowest BCUT2D eigenvalue weighted by Gasteiger charge is -2.26. The molecule has 9 heteroatoms. The minimum absolute atomic E-state index is 0.000651. The largest absolute Gasteiger partial charge is 0.344 e. The number of anilines is 1. The van der Waals surface area contributed by atoms with Crippen molar-refractivity contribution in [2.45, 2.75) is 17.9 Å². The van der Waals surface area contributed by atoms with Gasteiger partial charge >= 0.3 is 0 Å². The van der Waals surface area contributed by atoms with Gasteiger partial charge < -0.3 is 5.32 Å². The number of benzene rings is 4. The minimum Gasteiger partial charge on any atom is -0.344 e. The number of carbonyl (C=O) groups excluding carboxylic acids is 1. The molecule has 4 aromatic rings. The molecule has 188 valence electrons. The molecule has 0 saturated heterocycles. The van der Waals surface area contributed by atoms with Crippen LogP contribution in [0.5, 0.6) is 0 Å². The van der Waals surface area contributed by atoms with E-state index in [-0.39, 0.29) is 16.3 Å². The van der Waals surface area contributed by atoms with E-state index in [2.05, 4.69) is 5.32 Å². The summed E-state index contributed by atoms with van der Waals surface area (Å²) in [5, 5.41) is 14.1. The third kappa shape index (κ3) is 6.02. The second-order valence-corrected chi connectivity index (χ2v) is 10.3. The second-order valence-electron chi connectivity index (χ2n) is 8.42. The van der Waals surface area contributed by atoms with Gasteiger partial charge in [-0.05, 0) is 42.3 Å². The van der Waals surface area contributed by atoms with Crippen LogP contribution < -0.4 is 9.62 Å². The number of nitro benzene ring substituents is 1. The Hall–Kier alpha value is -4.50. The molecule has 0 fully saturated rings. The van der Waals surface area contributed by atoms with Crippen molar-refractivity contribution >= 4 is 27.3 Å². The van der Waals surface area contributed by atoms with Crippen molar-refractivity contribution in [3.05, 3.63) is 136 Å². The highest BCUT2D eigenvalue weighted by atomic mass is 32.2. The number of hydrogen-bond donors (Lipinski definition) is 1. The molecular formula is C28H25N3O5S. The molecule has 0 aliphatic heterocycles. The van der Waals surface area contributed by atoms with Crippen molar-refractivity contribution in [3.63, 3.8) is 0 Å². The number of non-ortho nitro benzene ring substituents is 1. The molecule has 0 spiro atoms. The number of nitro groups is 1. The molecule has 4 aromatic carbocycles. The van der Waals surface area contributed by atoms with E-state index in [9.17, 15) is 23.3 Å². The quantitative estimate of drug-likeness (QED) is 0.249. The van der Waals surface area contributed by atoms with Crippen LogP contribution >= 0.6 is 0 Å². The summed E-state index contributed by atoms with van der Waals surface area (Å²) < 4.78 is 28.1. The topological polar surface area (TPSA) is 110 Å². The second kappa shape index (κ2) is 11.0. The molecule has 4 rings (SSSR count). The molecule has 37 heavy (non-hydrogen) atoms. The number of rotatable bonds is 9. The standard InChI is InChI=1S/C28H25N3O5S/c1-21-12-14-23(15-13-21)28(22-8-4-2-5-9-22)29-27(32)20-30(24-16-18-25(19-17-24)31(33)34)37(35,36)26-10-6-3-7-11-26/h2-19,28H,20H2,1H3,(H,29,32). The predicted octanol–water partition coefficient (Wildman–Crippen LogP) is 5.00. The summed E-state index contributed by atoms with van der Waals surface area (Å²) in [5.41, 5.74) is 2.70. The molecule has 0 aliphatic rings. The van der Waals surface area contributed by atoms with Crippen LogP contribution in [-0.2, 0) is 14.8 Å². The Morgan fingerprint density at radius 1 is 0.838 bits per heavy atom.